The zero-order valence-corrected chi connectivity index (χ0v) is 16.5. The molecule has 0 spiro atoms. The summed E-state index contributed by atoms with van der Waals surface area (Å²) in [6, 6.07) is 4.67. The van der Waals surface area contributed by atoms with Gasteiger partial charge in [-0.2, -0.15) is 0 Å². The third-order valence-electron chi connectivity index (χ3n) is 6.14. The standard InChI is InChI=1S/C21H27N3O3/c1-12-13(2)19(26-4)8-7-17(12)21-23-18(14(3)27-21)11-24-15-5-6-16(24)10-22-20(25)9-15/h7-8,15-16H,5-6,9-11H2,1-4H3,(H,22,25)/t15-,16+/m0/s1. The Labute approximate surface area is 159 Å². The van der Waals surface area contributed by atoms with Crippen molar-refractivity contribution < 1.29 is 13.9 Å². The lowest BCUT2D eigenvalue weighted by molar-refractivity contribution is -0.121. The predicted octanol–water partition coefficient (Wildman–Crippen LogP) is 3.13. The number of amides is 1. The predicted molar refractivity (Wildman–Crippen MR) is 103 cm³/mol. The topological polar surface area (TPSA) is 67.6 Å². The van der Waals surface area contributed by atoms with E-state index in [1.165, 1.54) is 0 Å². The number of benzene rings is 1. The molecule has 1 N–H and O–H groups in total. The molecule has 0 saturated carbocycles. The van der Waals surface area contributed by atoms with Crippen LogP contribution in [-0.2, 0) is 11.3 Å². The minimum absolute atomic E-state index is 0.161. The van der Waals surface area contributed by atoms with Gasteiger partial charge in [0.15, 0.2) is 0 Å². The maximum absolute atomic E-state index is 11.9. The number of ether oxygens (including phenoxy) is 1. The highest BCUT2D eigenvalue weighted by atomic mass is 16.5. The van der Waals surface area contributed by atoms with Crippen molar-refractivity contribution in [2.24, 2.45) is 0 Å². The molecular weight excluding hydrogens is 342 g/mol. The first-order valence-corrected chi connectivity index (χ1v) is 9.61. The number of methoxy groups -OCH3 is 1. The number of aryl methyl sites for hydroxylation is 1. The van der Waals surface area contributed by atoms with Gasteiger partial charge in [-0.3, -0.25) is 9.69 Å². The van der Waals surface area contributed by atoms with Crippen molar-refractivity contribution in [3.8, 4) is 17.2 Å². The SMILES string of the molecule is COc1ccc(-c2nc(CN3[C@@H]4CC[C@H]3CC(=O)NC4)c(C)o2)c(C)c1C. The second-order valence-corrected chi connectivity index (χ2v) is 7.65. The fourth-order valence-corrected chi connectivity index (χ4v) is 4.34. The molecule has 2 saturated heterocycles. The summed E-state index contributed by atoms with van der Waals surface area (Å²) in [6.07, 6.45) is 2.79. The summed E-state index contributed by atoms with van der Waals surface area (Å²) in [4.78, 5) is 19.1. The van der Waals surface area contributed by atoms with Gasteiger partial charge in [0.2, 0.25) is 11.8 Å². The first-order valence-electron chi connectivity index (χ1n) is 9.61. The number of aromatic nitrogens is 1. The first kappa shape index (κ1) is 18.0. The lowest BCUT2D eigenvalue weighted by atomic mass is 10.0. The van der Waals surface area contributed by atoms with Gasteiger partial charge in [-0.05, 0) is 56.9 Å². The first-order chi connectivity index (χ1) is 13.0. The maximum atomic E-state index is 11.9. The van der Waals surface area contributed by atoms with Crippen LogP contribution in [0.25, 0.3) is 11.5 Å². The Morgan fingerprint density at radius 2 is 2.00 bits per heavy atom. The van der Waals surface area contributed by atoms with Crippen molar-refractivity contribution in [1.29, 1.82) is 0 Å². The Kier molecular flexibility index (Phi) is 4.68. The van der Waals surface area contributed by atoms with E-state index >= 15 is 0 Å². The van der Waals surface area contributed by atoms with E-state index in [0.29, 0.717) is 24.4 Å². The van der Waals surface area contributed by atoms with Crippen molar-refractivity contribution in [3.63, 3.8) is 0 Å². The molecule has 6 nitrogen and oxygen atoms in total. The number of fused-ring (bicyclic) bond motifs is 2. The highest BCUT2D eigenvalue weighted by Crippen LogP contribution is 2.34. The van der Waals surface area contributed by atoms with Crippen LogP contribution in [0.3, 0.4) is 0 Å². The average molecular weight is 369 g/mol. The van der Waals surface area contributed by atoms with Crippen molar-refractivity contribution >= 4 is 5.91 Å². The summed E-state index contributed by atoms with van der Waals surface area (Å²) in [5.41, 5.74) is 4.18. The Morgan fingerprint density at radius 3 is 2.78 bits per heavy atom. The minimum Gasteiger partial charge on any atom is -0.496 e. The van der Waals surface area contributed by atoms with Crippen molar-refractivity contribution in [3.05, 3.63) is 34.7 Å². The number of hydrogen-bond donors (Lipinski definition) is 1. The molecule has 0 radical (unpaired) electrons. The molecular formula is C21H27N3O3. The van der Waals surface area contributed by atoms with Gasteiger partial charge in [0.25, 0.3) is 0 Å². The summed E-state index contributed by atoms with van der Waals surface area (Å²) >= 11 is 0. The number of nitrogens with zero attached hydrogens (tertiary/aromatic N) is 2. The smallest absolute Gasteiger partial charge is 0.226 e. The van der Waals surface area contributed by atoms with Crippen LogP contribution < -0.4 is 10.1 Å². The molecule has 2 aliphatic rings. The van der Waals surface area contributed by atoms with Gasteiger partial charge in [0.1, 0.15) is 11.5 Å². The molecule has 3 heterocycles. The van der Waals surface area contributed by atoms with Crippen molar-refractivity contribution in [2.75, 3.05) is 13.7 Å². The molecule has 1 amide bonds. The van der Waals surface area contributed by atoms with Crippen LogP contribution in [0.1, 0.15) is 41.8 Å². The molecule has 2 fully saturated rings. The minimum atomic E-state index is 0.161. The van der Waals surface area contributed by atoms with Crippen LogP contribution in [0, 0.1) is 20.8 Å². The van der Waals surface area contributed by atoms with Gasteiger partial charge in [0.05, 0.1) is 12.8 Å². The normalized spacial score (nSPS) is 22.6. The van der Waals surface area contributed by atoms with E-state index < -0.39 is 0 Å². The van der Waals surface area contributed by atoms with Crippen LogP contribution in [0.5, 0.6) is 5.75 Å². The number of nitrogens with one attached hydrogen (secondary N) is 1. The molecule has 6 heteroatoms. The largest absolute Gasteiger partial charge is 0.496 e. The molecule has 2 aliphatic heterocycles. The number of oxazole rings is 1. The molecule has 27 heavy (non-hydrogen) atoms. The molecule has 0 unspecified atom stereocenters. The monoisotopic (exact) mass is 369 g/mol. The van der Waals surface area contributed by atoms with Crippen LogP contribution in [0.15, 0.2) is 16.5 Å². The second kappa shape index (κ2) is 7.00. The Balaban J connectivity index is 1.61. The van der Waals surface area contributed by atoms with E-state index in [-0.39, 0.29) is 5.91 Å². The van der Waals surface area contributed by atoms with Gasteiger partial charge in [-0.25, -0.2) is 4.98 Å². The summed E-state index contributed by atoms with van der Waals surface area (Å²) in [6.45, 7) is 7.55. The highest BCUT2D eigenvalue weighted by molar-refractivity contribution is 5.77. The zero-order chi connectivity index (χ0) is 19.1. The molecule has 1 aromatic carbocycles. The van der Waals surface area contributed by atoms with Gasteiger partial charge in [0, 0.05) is 37.2 Å². The van der Waals surface area contributed by atoms with Crippen LogP contribution >= 0.6 is 0 Å². The molecule has 1 aromatic heterocycles. The molecule has 4 rings (SSSR count). The van der Waals surface area contributed by atoms with Gasteiger partial charge >= 0.3 is 0 Å². The van der Waals surface area contributed by atoms with Crippen molar-refractivity contribution in [2.45, 2.75) is 58.7 Å². The Morgan fingerprint density at radius 1 is 1.22 bits per heavy atom. The van der Waals surface area contributed by atoms with E-state index in [0.717, 1.165) is 59.8 Å². The van der Waals surface area contributed by atoms with Crippen LogP contribution in [-0.4, -0.2) is 41.5 Å². The summed E-state index contributed by atoms with van der Waals surface area (Å²) in [5.74, 6) is 2.54. The van der Waals surface area contributed by atoms with E-state index in [2.05, 4.69) is 17.1 Å². The number of hydrogen-bond acceptors (Lipinski definition) is 5. The summed E-state index contributed by atoms with van der Waals surface area (Å²) < 4.78 is 11.4. The van der Waals surface area contributed by atoms with Crippen LogP contribution in [0.2, 0.25) is 0 Å². The third kappa shape index (κ3) is 3.23. The van der Waals surface area contributed by atoms with Crippen LogP contribution in [0.4, 0.5) is 0 Å². The van der Waals surface area contributed by atoms with Crippen molar-refractivity contribution in [1.82, 2.24) is 15.2 Å². The fourth-order valence-electron chi connectivity index (χ4n) is 4.34. The van der Waals surface area contributed by atoms with Gasteiger partial charge in [-0.15, -0.1) is 0 Å². The Hall–Kier alpha value is -2.34. The summed E-state index contributed by atoms with van der Waals surface area (Å²) in [7, 11) is 1.68. The number of carbonyl (C=O) groups is 1. The molecule has 0 aliphatic carbocycles. The Bertz CT molecular complexity index is 874. The lowest BCUT2D eigenvalue weighted by Gasteiger charge is -2.26. The summed E-state index contributed by atoms with van der Waals surface area (Å²) in [5, 5.41) is 3.03. The second-order valence-electron chi connectivity index (χ2n) is 7.65. The van der Waals surface area contributed by atoms with E-state index in [9.17, 15) is 4.79 Å². The average Bonchev–Trinajstić information content (AvgIpc) is 3.14. The third-order valence-corrected chi connectivity index (χ3v) is 6.14. The molecule has 2 atom stereocenters. The van der Waals surface area contributed by atoms with Gasteiger partial charge < -0.3 is 14.5 Å². The van der Waals surface area contributed by atoms with E-state index in [1.807, 2.05) is 26.0 Å². The maximum Gasteiger partial charge on any atom is 0.226 e. The van der Waals surface area contributed by atoms with Gasteiger partial charge in [-0.1, -0.05) is 0 Å². The quantitative estimate of drug-likeness (QED) is 0.897. The number of carbonyl (C=O) groups excluding carboxylic acids is 1. The van der Waals surface area contributed by atoms with E-state index in [1.54, 1.807) is 7.11 Å². The molecule has 2 aromatic rings. The molecule has 144 valence electrons. The zero-order valence-electron chi connectivity index (χ0n) is 16.5. The number of rotatable bonds is 4. The van der Waals surface area contributed by atoms with E-state index in [4.69, 9.17) is 14.1 Å². The highest BCUT2D eigenvalue weighted by Gasteiger charge is 2.38. The molecule has 2 bridgehead atoms. The lowest BCUT2D eigenvalue weighted by Crippen LogP contribution is -2.37. The fraction of sp³-hybridized carbons (Fsp3) is 0.524.